The van der Waals surface area contributed by atoms with Gasteiger partial charge in [0.05, 0.1) is 11.3 Å². The molecule has 0 radical (unpaired) electrons. The van der Waals surface area contributed by atoms with Gasteiger partial charge >= 0.3 is 0 Å². The van der Waals surface area contributed by atoms with Crippen molar-refractivity contribution in [3.05, 3.63) is 35.7 Å². The highest BCUT2D eigenvalue weighted by Crippen LogP contribution is 2.36. The minimum Gasteiger partial charge on any atom is -0.353 e. The number of fused-ring (bicyclic) bond motifs is 1. The number of nitrogens with one attached hydrogen (secondary N) is 2. The molecule has 4 rings (SSSR count). The van der Waals surface area contributed by atoms with E-state index in [-0.39, 0.29) is 29.0 Å². The molecule has 3 heterocycles. The maximum atomic E-state index is 13.5. The number of aromatic nitrogens is 2. The lowest BCUT2D eigenvalue weighted by Crippen LogP contribution is -2.52. The number of allylic oxidation sites excluding steroid dienone is 3. The fraction of sp³-hybridized carbons (Fsp3) is 0.583. The van der Waals surface area contributed by atoms with Gasteiger partial charge in [-0.1, -0.05) is 39.0 Å². The van der Waals surface area contributed by atoms with Crippen molar-refractivity contribution in [1.82, 2.24) is 20.2 Å². The summed E-state index contributed by atoms with van der Waals surface area (Å²) in [6.45, 7) is 9.47. The number of carbonyl (C=O) groups is 2. The van der Waals surface area contributed by atoms with E-state index in [1.165, 1.54) is 6.33 Å². The lowest BCUT2D eigenvalue weighted by atomic mass is 9.92. The predicted octanol–water partition coefficient (Wildman–Crippen LogP) is 2.68. The molecule has 3 aliphatic rings. The minimum absolute atomic E-state index is 0.00271. The normalized spacial score (nSPS) is 23.8. The molecular weight excluding hydrogens is 440 g/mol. The van der Waals surface area contributed by atoms with Crippen LogP contribution in [0.15, 0.2) is 30.1 Å². The second-order valence-corrected chi connectivity index (χ2v) is 9.92. The Morgan fingerprint density at radius 3 is 2.70 bits per heavy atom. The molecule has 0 bridgehead atoms. The zero-order chi connectivity index (χ0) is 23.5. The summed E-state index contributed by atoms with van der Waals surface area (Å²) in [6.07, 6.45) is 8.76. The molecular formula is C24H33ClN6O2. The SMILES string of the molecule is CC(C)NCC(C(=O)N1CCN(c2ncnc3c2C(C)CC(=O)N3)CC1)C1=CCC(Cl)C=C1. The molecule has 3 unspecified atom stereocenters. The number of anilines is 2. The average Bonchev–Trinajstić information content (AvgIpc) is 2.79. The van der Waals surface area contributed by atoms with Crippen LogP contribution in [0.2, 0.25) is 0 Å². The highest BCUT2D eigenvalue weighted by molar-refractivity contribution is 6.22. The molecule has 1 saturated heterocycles. The van der Waals surface area contributed by atoms with Crippen molar-refractivity contribution in [2.75, 3.05) is 42.9 Å². The van der Waals surface area contributed by atoms with Gasteiger partial charge in [-0.3, -0.25) is 9.59 Å². The largest absolute Gasteiger partial charge is 0.353 e. The van der Waals surface area contributed by atoms with Gasteiger partial charge in [0.25, 0.3) is 0 Å². The van der Waals surface area contributed by atoms with E-state index in [0.717, 1.165) is 23.4 Å². The van der Waals surface area contributed by atoms with E-state index in [1.54, 1.807) is 0 Å². The minimum atomic E-state index is -0.221. The number of rotatable bonds is 6. The molecule has 9 heteroatoms. The number of amides is 2. The first kappa shape index (κ1) is 23.7. The average molecular weight is 473 g/mol. The Balaban J connectivity index is 1.45. The summed E-state index contributed by atoms with van der Waals surface area (Å²) in [5.74, 6) is 1.45. The van der Waals surface area contributed by atoms with Crippen LogP contribution in [-0.2, 0) is 9.59 Å². The number of halogens is 1. The van der Waals surface area contributed by atoms with E-state index < -0.39 is 0 Å². The summed E-state index contributed by atoms with van der Waals surface area (Å²) in [6, 6.07) is 0.303. The quantitative estimate of drug-likeness (QED) is 0.618. The first-order valence-corrected chi connectivity index (χ1v) is 12.2. The van der Waals surface area contributed by atoms with Gasteiger partial charge in [0, 0.05) is 50.7 Å². The van der Waals surface area contributed by atoms with Crippen molar-refractivity contribution in [2.45, 2.75) is 50.9 Å². The molecule has 1 aromatic heterocycles. The number of piperazine rings is 1. The van der Waals surface area contributed by atoms with Crippen LogP contribution in [0.1, 0.15) is 45.1 Å². The summed E-state index contributed by atoms with van der Waals surface area (Å²) >= 11 is 6.20. The molecule has 1 aromatic rings. The summed E-state index contributed by atoms with van der Waals surface area (Å²) in [4.78, 5) is 38.4. The van der Waals surface area contributed by atoms with Gasteiger partial charge in [-0.15, -0.1) is 11.6 Å². The van der Waals surface area contributed by atoms with E-state index in [1.807, 2.05) is 24.0 Å². The van der Waals surface area contributed by atoms with Gasteiger partial charge in [0.1, 0.15) is 18.0 Å². The van der Waals surface area contributed by atoms with Crippen LogP contribution in [0.25, 0.3) is 0 Å². The predicted molar refractivity (Wildman–Crippen MR) is 131 cm³/mol. The molecule has 0 aromatic carbocycles. The number of hydrogen-bond acceptors (Lipinski definition) is 6. The second-order valence-electron chi connectivity index (χ2n) is 9.36. The monoisotopic (exact) mass is 472 g/mol. The molecule has 1 aliphatic carbocycles. The molecule has 1 fully saturated rings. The van der Waals surface area contributed by atoms with Crippen molar-refractivity contribution in [3.8, 4) is 0 Å². The Labute approximate surface area is 200 Å². The third kappa shape index (κ3) is 5.38. The Morgan fingerprint density at radius 2 is 2.03 bits per heavy atom. The first-order valence-electron chi connectivity index (χ1n) is 11.8. The topological polar surface area (TPSA) is 90.5 Å². The van der Waals surface area contributed by atoms with Crippen LogP contribution in [0.4, 0.5) is 11.6 Å². The van der Waals surface area contributed by atoms with Crippen molar-refractivity contribution in [2.24, 2.45) is 5.92 Å². The fourth-order valence-corrected chi connectivity index (χ4v) is 4.85. The van der Waals surface area contributed by atoms with E-state index in [2.05, 4.69) is 45.4 Å². The van der Waals surface area contributed by atoms with Crippen LogP contribution in [-0.4, -0.2) is 70.8 Å². The third-order valence-corrected chi connectivity index (χ3v) is 6.83. The van der Waals surface area contributed by atoms with Crippen LogP contribution >= 0.6 is 11.6 Å². The molecule has 2 amide bonds. The van der Waals surface area contributed by atoms with Crippen molar-refractivity contribution in [3.63, 3.8) is 0 Å². The molecule has 2 aliphatic heterocycles. The standard InChI is InChI=1S/C24H33ClN6O2/c1-15(2)26-13-19(17-4-6-18(25)7-5-17)24(33)31-10-8-30(9-11-31)23-21-16(3)12-20(32)29-22(21)27-14-28-23/h4-6,14-16,18-19,26H,7-13H2,1-3H3,(H,27,28,29,32). The summed E-state index contributed by atoms with van der Waals surface area (Å²) in [7, 11) is 0. The summed E-state index contributed by atoms with van der Waals surface area (Å²) < 4.78 is 0. The van der Waals surface area contributed by atoms with E-state index in [0.29, 0.717) is 51.0 Å². The number of hydrogen-bond donors (Lipinski definition) is 2. The fourth-order valence-electron chi connectivity index (χ4n) is 4.68. The Hall–Kier alpha value is -2.45. The van der Waals surface area contributed by atoms with Crippen molar-refractivity contribution in [1.29, 1.82) is 0 Å². The molecule has 0 spiro atoms. The summed E-state index contributed by atoms with van der Waals surface area (Å²) in [5.41, 5.74) is 2.03. The zero-order valence-corrected chi connectivity index (χ0v) is 20.3. The zero-order valence-electron chi connectivity index (χ0n) is 19.6. The van der Waals surface area contributed by atoms with Gasteiger partial charge in [-0.2, -0.15) is 0 Å². The molecule has 33 heavy (non-hydrogen) atoms. The van der Waals surface area contributed by atoms with Gasteiger partial charge in [-0.05, 0) is 17.9 Å². The maximum absolute atomic E-state index is 13.5. The molecule has 178 valence electrons. The van der Waals surface area contributed by atoms with Gasteiger partial charge in [0.15, 0.2) is 0 Å². The number of carbonyl (C=O) groups excluding carboxylic acids is 2. The molecule has 3 atom stereocenters. The smallest absolute Gasteiger partial charge is 0.231 e. The van der Waals surface area contributed by atoms with E-state index in [9.17, 15) is 9.59 Å². The van der Waals surface area contributed by atoms with E-state index >= 15 is 0 Å². The lowest BCUT2D eigenvalue weighted by molar-refractivity contribution is -0.134. The van der Waals surface area contributed by atoms with E-state index in [4.69, 9.17) is 11.6 Å². The summed E-state index contributed by atoms with van der Waals surface area (Å²) in [5, 5.41) is 6.30. The molecule has 8 nitrogen and oxygen atoms in total. The van der Waals surface area contributed by atoms with Crippen molar-refractivity contribution >= 4 is 35.1 Å². The Morgan fingerprint density at radius 1 is 1.27 bits per heavy atom. The highest BCUT2D eigenvalue weighted by atomic mass is 35.5. The molecule has 2 N–H and O–H groups in total. The van der Waals surface area contributed by atoms with Gasteiger partial charge in [-0.25, -0.2) is 9.97 Å². The maximum Gasteiger partial charge on any atom is 0.231 e. The van der Waals surface area contributed by atoms with Gasteiger partial charge < -0.3 is 20.4 Å². The Kier molecular flexibility index (Phi) is 7.34. The lowest BCUT2D eigenvalue weighted by Gasteiger charge is -2.39. The van der Waals surface area contributed by atoms with Crippen LogP contribution in [0.3, 0.4) is 0 Å². The highest BCUT2D eigenvalue weighted by Gasteiger charge is 2.33. The van der Waals surface area contributed by atoms with Gasteiger partial charge in [0.2, 0.25) is 11.8 Å². The van der Waals surface area contributed by atoms with Crippen molar-refractivity contribution < 1.29 is 9.59 Å². The first-order chi connectivity index (χ1) is 15.8. The third-order valence-electron chi connectivity index (χ3n) is 6.50. The number of alkyl halides is 1. The van der Waals surface area contributed by atoms with Crippen LogP contribution in [0, 0.1) is 5.92 Å². The number of nitrogens with zero attached hydrogens (tertiary/aromatic N) is 4. The van der Waals surface area contributed by atoms with Crippen LogP contribution in [0.5, 0.6) is 0 Å². The Bertz CT molecular complexity index is 954. The second kappa shape index (κ2) is 10.2. The van der Waals surface area contributed by atoms with Crippen LogP contribution < -0.4 is 15.5 Å². The molecule has 0 saturated carbocycles.